The van der Waals surface area contributed by atoms with E-state index >= 15 is 0 Å². The van der Waals surface area contributed by atoms with Crippen molar-refractivity contribution in [3.05, 3.63) is 72.4 Å². The van der Waals surface area contributed by atoms with Gasteiger partial charge in [-0.1, -0.05) is 69.3 Å². The third-order valence-electron chi connectivity index (χ3n) is 6.58. The molecule has 2 aromatic carbocycles. The number of nitrogen functional groups attached to an aromatic ring is 1. The Labute approximate surface area is 231 Å². The Balaban J connectivity index is 0.000000245. The van der Waals surface area contributed by atoms with E-state index in [-0.39, 0.29) is 6.04 Å². The van der Waals surface area contributed by atoms with Gasteiger partial charge in [0.05, 0.1) is 17.4 Å². The molecular weight excluding hydrogens is 494 g/mol. The lowest BCUT2D eigenvalue weighted by molar-refractivity contribution is -0.139. The number of nitrogens with one attached hydrogen (secondary N) is 2. The molecule has 0 bridgehead atoms. The Morgan fingerprint density at radius 1 is 1.08 bits per heavy atom. The van der Waals surface area contributed by atoms with Crippen molar-refractivity contribution >= 4 is 28.5 Å². The lowest BCUT2D eigenvalue weighted by Crippen LogP contribution is -2.42. The van der Waals surface area contributed by atoms with E-state index in [1.807, 2.05) is 60.7 Å². The normalized spacial score (nSPS) is 16.9. The van der Waals surface area contributed by atoms with E-state index in [1.165, 1.54) is 19.6 Å². The van der Waals surface area contributed by atoms with Crippen LogP contribution in [0.4, 0.5) is 5.69 Å². The maximum Gasteiger partial charge on any atom is 0.320 e. The second-order valence-corrected chi connectivity index (χ2v) is 9.36. The average Bonchev–Trinajstić information content (AvgIpc) is 3.43. The zero-order chi connectivity index (χ0) is 28.6. The van der Waals surface area contributed by atoms with Crippen LogP contribution in [0.5, 0.6) is 0 Å². The summed E-state index contributed by atoms with van der Waals surface area (Å²) in [6, 6.07) is 18.6. The first-order chi connectivity index (χ1) is 18.8. The molecule has 39 heavy (non-hydrogen) atoms. The van der Waals surface area contributed by atoms with Gasteiger partial charge in [0.1, 0.15) is 12.1 Å². The van der Waals surface area contributed by atoms with Crippen LogP contribution >= 0.6 is 0 Å². The van der Waals surface area contributed by atoms with Crippen molar-refractivity contribution in [1.29, 1.82) is 0 Å². The minimum Gasteiger partial charge on any atom is -0.480 e. The van der Waals surface area contributed by atoms with Gasteiger partial charge in [-0.05, 0) is 56.6 Å². The van der Waals surface area contributed by atoms with Gasteiger partial charge in [0.25, 0.3) is 0 Å². The molecular formula is C30H43N5O4. The van der Waals surface area contributed by atoms with E-state index in [4.69, 9.17) is 10.8 Å². The number of rotatable bonds is 9. The Morgan fingerprint density at radius 3 is 2.31 bits per heavy atom. The quantitative estimate of drug-likeness (QED) is 0.280. The fourth-order valence-electron chi connectivity index (χ4n) is 4.17. The van der Waals surface area contributed by atoms with Crippen LogP contribution in [0.2, 0.25) is 0 Å². The second-order valence-electron chi connectivity index (χ2n) is 9.36. The van der Waals surface area contributed by atoms with Gasteiger partial charge in [-0.3, -0.25) is 14.6 Å². The minimum absolute atomic E-state index is 0.245. The number of nitrogens with zero attached hydrogens (tertiary/aromatic N) is 2. The minimum atomic E-state index is -1.07. The molecule has 0 saturated carbocycles. The number of aliphatic carboxylic acids is 1. The first kappa shape index (κ1) is 31.7. The van der Waals surface area contributed by atoms with Crippen LogP contribution in [0, 0.1) is 0 Å². The fourth-order valence-corrected chi connectivity index (χ4v) is 4.17. The number of amides is 1. The van der Waals surface area contributed by atoms with Crippen LogP contribution in [-0.2, 0) is 16.0 Å². The predicted molar refractivity (Wildman–Crippen MR) is 156 cm³/mol. The number of hydrogen-bond donors (Lipinski definition) is 5. The van der Waals surface area contributed by atoms with Gasteiger partial charge < -0.3 is 31.5 Å². The highest BCUT2D eigenvalue weighted by Crippen LogP contribution is 2.13. The first-order valence-electron chi connectivity index (χ1n) is 13.6. The topological polar surface area (TPSA) is 141 Å². The van der Waals surface area contributed by atoms with Crippen LogP contribution in [-0.4, -0.2) is 76.3 Å². The number of carbonyl (C=O) groups is 2. The van der Waals surface area contributed by atoms with E-state index in [2.05, 4.69) is 41.3 Å². The van der Waals surface area contributed by atoms with Crippen molar-refractivity contribution in [2.24, 2.45) is 0 Å². The number of fused-ring (bicyclic) bond motifs is 1. The van der Waals surface area contributed by atoms with Crippen molar-refractivity contribution in [3.8, 4) is 0 Å². The van der Waals surface area contributed by atoms with E-state index in [9.17, 15) is 14.7 Å². The van der Waals surface area contributed by atoms with E-state index in [0.29, 0.717) is 31.5 Å². The second kappa shape index (κ2) is 17.1. The van der Waals surface area contributed by atoms with Gasteiger partial charge in [0.15, 0.2) is 0 Å². The Kier molecular flexibility index (Phi) is 13.9. The standard InChI is InChI=1S/C15H20N2O4.C9H8N2.C6H15N/c18-13(7-6-10-4-2-1-3-5-10)14(19)17-11-8-12(15(20)21)16-9-11;10-8-5-7-3-1-2-4-9(7)11-6-8;1-4-7(5-2)6-3/h1-5,11-13,16,18H,6-9H2,(H,17,19)(H,20,21);1-6H,10H2;4-6H2,1-3H3/t11?,12-,13+;;/m0../s1. The monoisotopic (exact) mass is 537 g/mol. The third-order valence-corrected chi connectivity index (χ3v) is 6.58. The van der Waals surface area contributed by atoms with Crippen molar-refractivity contribution in [2.45, 2.75) is 58.2 Å². The van der Waals surface area contributed by atoms with Gasteiger partial charge in [0.2, 0.25) is 5.91 Å². The summed E-state index contributed by atoms with van der Waals surface area (Å²) in [5, 5.41) is 25.3. The summed E-state index contributed by atoms with van der Waals surface area (Å²) in [7, 11) is 0. The molecule has 3 aromatic rings. The molecule has 1 aromatic heterocycles. The molecule has 0 aliphatic carbocycles. The molecule has 1 aliphatic heterocycles. The maximum absolute atomic E-state index is 11.9. The number of aliphatic hydroxyl groups excluding tert-OH is 1. The fraction of sp³-hybridized carbons (Fsp3) is 0.433. The molecule has 9 heteroatoms. The number of benzene rings is 2. The summed E-state index contributed by atoms with van der Waals surface area (Å²) >= 11 is 0. The van der Waals surface area contributed by atoms with Crippen LogP contribution < -0.4 is 16.4 Å². The van der Waals surface area contributed by atoms with Gasteiger partial charge in [-0.15, -0.1) is 0 Å². The zero-order valence-electron chi connectivity index (χ0n) is 23.2. The molecule has 3 atom stereocenters. The highest BCUT2D eigenvalue weighted by atomic mass is 16.4. The summed E-state index contributed by atoms with van der Waals surface area (Å²) in [6.45, 7) is 10.5. The molecule has 0 radical (unpaired) electrons. The molecule has 1 amide bonds. The molecule has 1 fully saturated rings. The number of aromatic nitrogens is 1. The van der Waals surface area contributed by atoms with E-state index in [1.54, 1.807) is 6.20 Å². The molecule has 2 heterocycles. The number of nitrogens with two attached hydrogens (primary N) is 1. The lowest BCUT2D eigenvalue weighted by atomic mass is 10.1. The third kappa shape index (κ3) is 11.4. The number of hydrogen-bond acceptors (Lipinski definition) is 7. The number of carbonyl (C=O) groups excluding carboxylic acids is 1. The lowest BCUT2D eigenvalue weighted by Gasteiger charge is -2.15. The molecule has 6 N–H and O–H groups in total. The van der Waals surface area contributed by atoms with E-state index in [0.717, 1.165) is 16.5 Å². The molecule has 1 unspecified atom stereocenters. The highest BCUT2D eigenvalue weighted by Gasteiger charge is 2.31. The number of carboxylic acids is 1. The summed E-state index contributed by atoms with van der Waals surface area (Å²) in [5.74, 6) is -1.36. The van der Waals surface area contributed by atoms with Gasteiger partial charge >= 0.3 is 5.97 Å². The molecule has 1 aliphatic rings. The Morgan fingerprint density at radius 2 is 1.72 bits per heavy atom. The van der Waals surface area contributed by atoms with Crippen molar-refractivity contribution < 1.29 is 19.8 Å². The molecule has 0 spiro atoms. The molecule has 212 valence electrons. The average molecular weight is 538 g/mol. The van der Waals surface area contributed by atoms with E-state index < -0.39 is 24.0 Å². The highest BCUT2D eigenvalue weighted by molar-refractivity contribution is 5.81. The number of aryl methyl sites for hydroxylation is 1. The SMILES string of the molecule is CCN(CC)CC.Nc1cnc2ccccc2c1.O=C(NC1CN[C@H](C(=O)O)C1)[C@H](O)CCc1ccccc1. The van der Waals surface area contributed by atoms with Crippen molar-refractivity contribution in [3.63, 3.8) is 0 Å². The summed E-state index contributed by atoms with van der Waals surface area (Å²) < 4.78 is 0. The smallest absolute Gasteiger partial charge is 0.320 e. The summed E-state index contributed by atoms with van der Waals surface area (Å²) in [5.41, 5.74) is 8.33. The number of anilines is 1. The molecule has 9 nitrogen and oxygen atoms in total. The molecule has 4 rings (SSSR count). The number of para-hydroxylation sites is 1. The van der Waals surface area contributed by atoms with Crippen molar-refractivity contribution in [1.82, 2.24) is 20.5 Å². The van der Waals surface area contributed by atoms with Gasteiger partial charge in [-0.25, -0.2) is 0 Å². The Bertz CT molecular complexity index is 1130. The summed E-state index contributed by atoms with van der Waals surface area (Å²) in [4.78, 5) is 29.2. The van der Waals surface area contributed by atoms with Gasteiger partial charge in [-0.2, -0.15) is 0 Å². The largest absolute Gasteiger partial charge is 0.480 e. The number of pyridine rings is 1. The van der Waals surface area contributed by atoms with Crippen LogP contribution in [0.25, 0.3) is 10.9 Å². The zero-order valence-corrected chi connectivity index (χ0v) is 23.2. The predicted octanol–water partition coefficient (Wildman–Crippen LogP) is 3.08. The first-order valence-corrected chi connectivity index (χ1v) is 13.6. The number of carboxylic acid groups (broad SMARTS) is 1. The Hall–Kier alpha value is -3.53. The molecule has 1 saturated heterocycles. The van der Waals surface area contributed by atoms with Gasteiger partial charge in [0, 0.05) is 18.0 Å². The number of aliphatic hydroxyl groups is 1. The van der Waals surface area contributed by atoms with Crippen LogP contribution in [0.1, 0.15) is 39.2 Å². The van der Waals surface area contributed by atoms with Crippen molar-refractivity contribution in [2.75, 3.05) is 31.9 Å². The van der Waals surface area contributed by atoms with Crippen LogP contribution in [0.3, 0.4) is 0 Å². The summed E-state index contributed by atoms with van der Waals surface area (Å²) in [6.07, 6.45) is 1.90. The maximum atomic E-state index is 11.9. The van der Waals surface area contributed by atoms with Crippen LogP contribution in [0.15, 0.2) is 66.9 Å².